The highest BCUT2D eigenvalue weighted by atomic mass is 16.0. The zero-order chi connectivity index (χ0) is 16.7. The van der Waals surface area contributed by atoms with Gasteiger partial charge in [0.25, 0.3) is 0 Å². The molecular formula is C21H47NO. The lowest BCUT2D eigenvalue weighted by Crippen LogP contribution is -2.47. The van der Waals surface area contributed by atoms with Crippen molar-refractivity contribution in [2.75, 3.05) is 0 Å². The fraction of sp³-hybridized carbons (Fsp3) is 1.00. The average Bonchev–Trinajstić information content (AvgIpc) is 2.49. The van der Waals surface area contributed by atoms with Crippen LogP contribution in [-0.4, -0.2) is 11.0 Å². The van der Waals surface area contributed by atoms with E-state index >= 15 is 0 Å². The minimum absolute atomic E-state index is 0. The molecule has 0 saturated heterocycles. The van der Waals surface area contributed by atoms with Gasteiger partial charge in [0.2, 0.25) is 0 Å². The van der Waals surface area contributed by atoms with E-state index in [-0.39, 0.29) is 11.0 Å². The quantitative estimate of drug-likeness (QED) is 0.327. The van der Waals surface area contributed by atoms with Crippen molar-refractivity contribution in [3.05, 3.63) is 0 Å². The summed E-state index contributed by atoms with van der Waals surface area (Å²) in [7, 11) is 0. The largest absolute Gasteiger partial charge is 0.412 e. The van der Waals surface area contributed by atoms with Gasteiger partial charge < -0.3 is 11.2 Å². The predicted molar refractivity (Wildman–Crippen MR) is 106 cm³/mol. The van der Waals surface area contributed by atoms with Crippen molar-refractivity contribution in [3.8, 4) is 0 Å². The molecule has 0 aliphatic carbocycles. The van der Waals surface area contributed by atoms with Crippen molar-refractivity contribution in [2.45, 2.75) is 130 Å². The normalized spacial score (nSPS) is 12.9. The van der Waals surface area contributed by atoms with Crippen LogP contribution in [0.3, 0.4) is 0 Å². The molecule has 0 amide bonds. The number of hydrogen-bond donors (Lipinski definition) is 1. The molecule has 0 saturated carbocycles. The molecule has 0 aromatic rings. The monoisotopic (exact) mass is 329 g/mol. The minimum Gasteiger partial charge on any atom is -0.412 e. The van der Waals surface area contributed by atoms with E-state index < -0.39 is 0 Å². The first kappa shape index (κ1) is 25.2. The second-order valence-corrected chi connectivity index (χ2v) is 7.48. The van der Waals surface area contributed by atoms with Crippen LogP contribution >= 0.6 is 0 Å². The highest BCUT2D eigenvalue weighted by Gasteiger charge is 2.31. The maximum absolute atomic E-state index is 6.85. The first-order valence-corrected chi connectivity index (χ1v) is 10.4. The molecule has 2 nitrogen and oxygen atoms in total. The van der Waals surface area contributed by atoms with Crippen LogP contribution < -0.4 is 5.73 Å². The number of unbranched alkanes of at least 4 members (excludes halogenated alkanes) is 7. The topological polar surface area (TPSA) is 57.5 Å². The average molecular weight is 330 g/mol. The Hall–Kier alpha value is -0.0800. The molecule has 0 spiro atoms. The molecule has 0 radical (unpaired) electrons. The van der Waals surface area contributed by atoms with Gasteiger partial charge in [0.05, 0.1) is 0 Å². The molecule has 0 heterocycles. The fourth-order valence-corrected chi connectivity index (χ4v) is 4.06. The van der Waals surface area contributed by atoms with Crippen LogP contribution in [0.4, 0.5) is 0 Å². The Kier molecular flexibility index (Phi) is 18.3. The molecule has 0 rings (SSSR count). The lowest BCUT2D eigenvalue weighted by atomic mass is 9.73. The standard InChI is InChI=1S/C21H45N.H2O/c1-5-9-10-11-12-13-14-15-17-20(16-6-2)21(22,18-7-3)19-8-4;/h20H,5-19,22H2,1-4H3;1H2. The Balaban J connectivity index is 0. The van der Waals surface area contributed by atoms with Crippen LogP contribution in [0.15, 0.2) is 0 Å². The van der Waals surface area contributed by atoms with Gasteiger partial charge >= 0.3 is 0 Å². The summed E-state index contributed by atoms with van der Waals surface area (Å²) in [5.74, 6) is 0.748. The SMILES string of the molecule is CCCCCCCCCCC(CCC)C(N)(CCC)CCC.O. The van der Waals surface area contributed by atoms with Gasteiger partial charge in [-0.25, -0.2) is 0 Å². The summed E-state index contributed by atoms with van der Waals surface area (Å²) < 4.78 is 0. The van der Waals surface area contributed by atoms with Crippen molar-refractivity contribution in [2.24, 2.45) is 11.7 Å². The lowest BCUT2D eigenvalue weighted by Gasteiger charge is -2.38. The van der Waals surface area contributed by atoms with E-state index in [1.54, 1.807) is 0 Å². The summed E-state index contributed by atoms with van der Waals surface area (Å²) in [5.41, 5.74) is 6.96. The molecule has 0 aromatic heterocycles. The van der Waals surface area contributed by atoms with E-state index in [1.807, 2.05) is 0 Å². The van der Waals surface area contributed by atoms with Gasteiger partial charge in [0.1, 0.15) is 0 Å². The maximum Gasteiger partial charge on any atom is 0.0182 e. The Labute approximate surface area is 147 Å². The molecule has 0 aromatic carbocycles. The van der Waals surface area contributed by atoms with Crippen molar-refractivity contribution in [1.82, 2.24) is 0 Å². The van der Waals surface area contributed by atoms with Crippen LogP contribution in [0.2, 0.25) is 0 Å². The second kappa shape index (κ2) is 16.8. The molecule has 23 heavy (non-hydrogen) atoms. The van der Waals surface area contributed by atoms with Gasteiger partial charge in [-0.2, -0.15) is 0 Å². The highest BCUT2D eigenvalue weighted by molar-refractivity contribution is 4.90. The summed E-state index contributed by atoms with van der Waals surface area (Å²) in [6, 6.07) is 0. The first-order valence-electron chi connectivity index (χ1n) is 10.4. The molecule has 0 fully saturated rings. The third-order valence-electron chi connectivity index (χ3n) is 5.29. The third-order valence-corrected chi connectivity index (χ3v) is 5.29. The Morgan fingerprint density at radius 2 is 1.09 bits per heavy atom. The third kappa shape index (κ3) is 12.0. The molecular weight excluding hydrogens is 282 g/mol. The molecule has 0 aliphatic rings. The van der Waals surface area contributed by atoms with E-state index in [9.17, 15) is 0 Å². The van der Waals surface area contributed by atoms with Gasteiger partial charge in [-0.1, -0.05) is 98.3 Å². The Morgan fingerprint density at radius 1 is 0.609 bits per heavy atom. The summed E-state index contributed by atoms with van der Waals surface area (Å²) >= 11 is 0. The van der Waals surface area contributed by atoms with Crippen molar-refractivity contribution < 1.29 is 5.48 Å². The van der Waals surface area contributed by atoms with Gasteiger partial charge in [0.15, 0.2) is 0 Å². The van der Waals surface area contributed by atoms with Crippen LogP contribution in [-0.2, 0) is 0 Å². The Morgan fingerprint density at radius 3 is 1.52 bits per heavy atom. The summed E-state index contributed by atoms with van der Waals surface area (Å²) in [5, 5.41) is 0. The number of hydrogen-bond acceptors (Lipinski definition) is 1. The molecule has 0 aliphatic heterocycles. The Bertz CT molecular complexity index is 224. The highest BCUT2D eigenvalue weighted by Crippen LogP contribution is 2.33. The van der Waals surface area contributed by atoms with Crippen LogP contribution in [0.1, 0.15) is 124 Å². The zero-order valence-corrected chi connectivity index (χ0v) is 16.8. The van der Waals surface area contributed by atoms with E-state index in [4.69, 9.17) is 5.73 Å². The minimum atomic E-state index is 0. The summed E-state index contributed by atoms with van der Waals surface area (Å²) in [6.07, 6.45) is 20.2. The smallest absolute Gasteiger partial charge is 0.0182 e. The van der Waals surface area contributed by atoms with E-state index in [0.717, 1.165) is 5.92 Å². The molecule has 4 N–H and O–H groups in total. The summed E-state index contributed by atoms with van der Waals surface area (Å²) in [4.78, 5) is 0. The zero-order valence-electron chi connectivity index (χ0n) is 16.8. The number of rotatable bonds is 16. The van der Waals surface area contributed by atoms with Gasteiger partial charge in [0, 0.05) is 5.54 Å². The predicted octanol–water partition coefficient (Wildman–Crippen LogP) is 6.41. The van der Waals surface area contributed by atoms with Gasteiger partial charge in [-0.15, -0.1) is 0 Å². The van der Waals surface area contributed by atoms with E-state index in [0.29, 0.717) is 0 Å². The van der Waals surface area contributed by atoms with Crippen LogP contribution in [0.5, 0.6) is 0 Å². The fourth-order valence-electron chi connectivity index (χ4n) is 4.06. The summed E-state index contributed by atoms with van der Waals surface area (Å²) in [6.45, 7) is 9.19. The van der Waals surface area contributed by atoms with Crippen molar-refractivity contribution in [1.29, 1.82) is 0 Å². The second-order valence-electron chi connectivity index (χ2n) is 7.48. The molecule has 1 unspecified atom stereocenters. The van der Waals surface area contributed by atoms with E-state index in [1.165, 1.54) is 96.3 Å². The number of nitrogens with two attached hydrogens (primary N) is 1. The lowest BCUT2D eigenvalue weighted by molar-refractivity contribution is 0.200. The molecule has 1 atom stereocenters. The molecule has 0 bridgehead atoms. The maximum atomic E-state index is 6.85. The molecule has 142 valence electrons. The van der Waals surface area contributed by atoms with E-state index in [2.05, 4.69) is 27.7 Å². The van der Waals surface area contributed by atoms with Crippen molar-refractivity contribution in [3.63, 3.8) is 0 Å². The van der Waals surface area contributed by atoms with Crippen LogP contribution in [0.25, 0.3) is 0 Å². The van der Waals surface area contributed by atoms with Gasteiger partial charge in [-0.3, -0.25) is 0 Å². The van der Waals surface area contributed by atoms with Crippen molar-refractivity contribution >= 4 is 0 Å². The first-order chi connectivity index (χ1) is 10.6. The van der Waals surface area contributed by atoms with Gasteiger partial charge in [-0.05, 0) is 31.6 Å². The molecule has 2 heteroatoms. The van der Waals surface area contributed by atoms with Crippen LogP contribution in [0, 0.1) is 5.92 Å².